The van der Waals surface area contributed by atoms with Gasteiger partial charge in [-0.15, -0.1) is 0 Å². The van der Waals surface area contributed by atoms with Gasteiger partial charge < -0.3 is 19.3 Å². The number of piperazine rings is 1. The molecule has 9 nitrogen and oxygen atoms in total. The molecule has 0 saturated carbocycles. The van der Waals surface area contributed by atoms with E-state index in [1.165, 1.54) is 18.9 Å². The highest BCUT2D eigenvalue weighted by molar-refractivity contribution is 6.36. The molecule has 250 valence electrons. The summed E-state index contributed by atoms with van der Waals surface area (Å²) in [4.78, 5) is 32.6. The molecule has 0 radical (unpaired) electrons. The molecule has 8 rings (SSSR count). The Balaban J connectivity index is 1.12. The highest BCUT2D eigenvalue weighted by Gasteiger charge is 2.47. The van der Waals surface area contributed by atoms with E-state index in [0.717, 1.165) is 85.3 Å². The van der Waals surface area contributed by atoms with Gasteiger partial charge in [0.05, 0.1) is 34.9 Å². The molecule has 3 aromatic rings. The minimum absolute atomic E-state index is 0.0656. The number of rotatable bonds is 5. The number of hydrogen-bond acceptors (Lipinski definition) is 8. The molecule has 6 heterocycles. The number of benzene rings is 2. The second kappa shape index (κ2) is 11.7. The van der Waals surface area contributed by atoms with Gasteiger partial charge in [-0.25, -0.2) is 9.18 Å². The van der Waals surface area contributed by atoms with Gasteiger partial charge in [-0.1, -0.05) is 29.8 Å². The monoisotopic (exact) mass is 662 g/mol. The zero-order chi connectivity index (χ0) is 32.5. The van der Waals surface area contributed by atoms with E-state index in [0.29, 0.717) is 32.3 Å². The van der Waals surface area contributed by atoms with Crippen molar-refractivity contribution in [3.05, 3.63) is 52.4 Å². The average Bonchev–Trinajstić information content (AvgIpc) is 3.70. The number of amides is 1. The number of aromatic nitrogens is 2. The molecule has 47 heavy (non-hydrogen) atoms. The molecular formula is C36H44ClFN6O3. The van der Waals surface area contributed by atoms with Crippen LogP contribution in [-0.2, 0) is 17.7 Å². The summed E-state index contributed by atoms with van der Waals surface area (Å²) in [5.41, 5.74) is 2.49. The highest BCUT2D eigenvalue weighted by Crippen LogP contribution is 2.42. The predicted octanol–water partition coefficient (Wildman–Crippen LogP) is 6.58. The Morgan fingerprint density at radius 1 is 1.02 bits per heavy atom. The molecule has 11 heteroatoms. The Hall–Kier alpha value is -3.37. The van der Waals surface area contributed by atoms with E-state index in [2.05, 4.69) is 14.7 Å². The van der Waals surface area contributed by atoms with Crippen LogP contribution in [0.25, 0.3) is 10.8 Å². The first-order valence-corrected chi connectivity index (χ1v) is 17.6. The maximum atomic E-state index is 14.6. The summed E-state index contributed by atoms with van der Waals surface area (Å²) in [6.45, 7) is 11.2. The zero-order valence-electron chi connectivity index (χ0n) is 27.6. The molecule has 5 aliphatic rings. The number of carbonyl (C=O) groups excluding carboxylic acids is 1. The Morgan fingerprint density at radius 2 is 1.77 bits per heavy atom. The Bertz CT molecular complexity index is 1690. The van der Waals surface area contributed by atoms with Crippen molar-refractivity contribution in [1.29, 1.82) is 0 Å². The zero-order valence-corrected chi connectivity index (χ0v) is 28.4. The maximum Gasteiger partial charge on any atom is 0.410 e. The second-order valence-electron chi connectivity index (χ2n) is 15.0. The quantitative estimate of drug-likeness (QED) is 0.304. The van der Waals surface area contributed by atoms with Crippen LogP contribution in [0.5, 0.6) is 6.01 Å². The van der Waals surface area contributed by atoms with E-state index < -0.39 is 11.4 Å². The summed E-state index contributed by atoms with van der Waals surface area (Å²) in [7, 11) is 0. The number of anilines is 2. The molecule has 4 fully saturated rings. The molecule has 0 N–H and O–H groups in total. The number of halogens is 2. The van der Waals surface area contributed by atoms with Crippen molar-refractivity contribution in [3.63, 3.8) is 0 Å². The van der Waals surface area contributed by atoms with Gasteiger partial charge in [-0.05, 0) is 96.3 Å². The first kappa shape index (κ1) is 30.9. The van der Waals surface area contributed by atoms with Crippen LogP contribution in [0.15, 0.2) is 30.3 Å². The van der Waals surface area contributed by atoms with Crippen LogP contribution in [-0.4, -0.2) is 88.4 Å². The largest absolute Gasteiger partial charge is 0.461 e. The van der Waals surface area contributed by atoms with Crippen molar-refractivity contribution in [1.82, 2.24) is 19.8 Å². The lowest BCUT2D eigenvalue weighted by atomic mass is 9.95. The van der Waals surface area contributed by atoms with Crippen LogP contribution < -0.4 is 14.5 Å². The lowest BCUT2D eigenvalue weighted by molar-refractivity contribution is 0.0122. The summed E-state index contributed by atoms with van der Waals surface area (Å²) in [5, 5.41) is 1.77. The van der Waals surface area contributed by atoms with Gasteiger partial charge in [0, 0.05) is 36.3 Å². The van der Waals surface area contributed by atoms with E-state index >= 15 is 0 Å². The van der Waals surface area contributed by atoms with Crippen LogP contribution in [0.3, 0.4) is 0 Å². The first-order valence-electron chi connectivity index (χ1n) is 17.2. The maximum absolute atomic E-state index is 14.6. The molecular weight excluding hydrogens is 619 g/mol. The highest BCUT2D eigenvalue weighted by atomic mass is 35.5. The third-order valence-electron chi connectivity index (χ3n) is 10.9. The predicted molar refractivity (Wildman–Crippen MR) is 181 cm³/mol. The molecule has 2 bridgehead atoms. The summed E-state index contributed by atoms with van der Waals surface area (Å²) >= 11 is 6.56. The second-order valence-corrected chi connectivity index (χ2v) is 15.4. The molecule has 1 aromatic heterocycles. The Morgan fingerprint density at radius 3 is 2.49 bits per heavy atom. The number of carbonyl (C=O) groups is 1. The molecule has 0 spiro atoms. The summed E-state index contributed by atoms with van der Waals surface area (Å²) < 4.78 is 27.0. The van der Waals surface area contributed by atoms with E-state index in [1.807, 2.05) is 43.9 Å². The summed E-state index contributed by atoms with van der Waals surface area (Å²) in [6, 6.07) is 9.73. The molecule has 2 atom stereocenters. The SMILES string of the molecule is CC(C)(C)OC(=O)N1[C@@H]2CC[C@H]1CN(c1nc(OCC34CCCN3CCC4)nc3c1CCN(c1cccc4ccc(F)c(Cl)c14)C3)C2. The van der Waals surface area contributed by atoms with Crippen molar-refractivity contribution < 1.29 is 18.7 Å². The molecule has 2 aromatic carbocycles. The number of fused-ring (bicyclic) bond motifs is 5. The van der Waals surface area contributed by atoms with Crippen LogP contribution in [0.4, 0.5) is 20.7 Å². The fraction of sp³-hybridized carbons (Fsp3) is 0.583. The van der Waals surface area contributed by atoms with E-state index in [4.69, 9.17) is 31.0 Å². The molecule has 5 aliphatic heterocycles. The van der Waals surface area contributed by atoms with Crippen LogP contribution in [0.1, 0.15) is 70.6 Å². The third-order valence-corrected chi connectivity index (χ3v) is 11.3. The van der Waals surface area contributed by atoms with Gasteiger partial charge in [0.25, 0.3) is 0 Å². The number of hydrogen-bond donors (Lipinski definition) is 0. The number of nitrogens with zero attached hydrogens (tertiary/aromatic N) is 6. The standard InChI is InChI=1S/C36H44ClFN6O3/c1-35(2,3)47-34(45)44-24-10-11-25(44)20-42(19-24)32-26-13-18-41(29-8-4-7-23-9-12-27(38)31(37)30(23)29)21-28(26)39-33(40-32)46-22-36-14-5-16-43(36)17-6-15-36/h4,7-9,12,24-25H,5-6,10-11,13-22H2,1-3H3/t24-,25+. The molecule has 4 saturated heterocycles. The van der Waals surface area contributed by atoms with Crippen LogP contribution in [0, 0.1) is 5.82 Å². The van der Waals surface area contributed by atoms with E-state index in [-0.39, 0.29) is 28.7 Å². The molecule has 0 unspecified atom stereocenters. The summed E-state index contributed by atoms with van der Waals surface area (Å²) in [5.74, 6) is 0.497. The first-order chi connectivity index (χ1) is 22.6. The summed E-state index contributed by atoms with van der Waals surface area (Å²) in [6.07, 6.45) is 7.09. The van der Waals surface area contributed by atoms with Crippen molar-refractivity contribution in [3.8, 4) is 6.01 Å². The van der Waals surface area contributed by atoms with Crippen molar-refractivity contribution in [2.75, 3.05) is 49.1 Å². The Labute approximate surface area is 281 Å². The normalized spacial score (nSPS) is 23.7. The fourth-order valence-electron chi connectivity index (χ4n) is 8.82. The van der Waals surface area contributed by atoms with Crippen molar-refractivity contribution in [2.24, 2.45) is 0 Å². The average molecular weight is 663 g/mol. The van der Waals surface area contributed by atoms with Gasteiger partial charge in [0.15, 0.2) is 0 Å². The van der Waals surface area contributed by atoms with E-state index in [9.17, 15) is 9.18 Å². The van der Waals surface area contributed by atoms with Crippen LogP contribution >= 0.6 is 11.6 Å². The number of ether oxygens (including phenoxy) is 2. The molecule has 1 amide bonds. The third kappa shape index (κ3) is 5.55. The minimum Gasteiger partial charge on any atom is -0.461 e. The molecule has 0 aliphatic carbocycles. The lowest BCUT2D eigenvalue weighted by Crippen LogP contribution is -2.57. The van der Waals surface area contributed by atoms with Crippen LogP contribution in [0.2, 0.25) is 5.02 Å². The topological polar surface area (TPSA) is 74.3 Å². The van der Waals surface area contributed by atoms with Crippen molar-refractivity contribution in [2.45, 2.75) is 95.5 Å². The van der Waals surface area contributed by atoms with Gasteiger partial charge in [0.2, 0.25) is 0 Å². The van der Waals surface area contributed by atoms with Gasteiger partial charge in [0.1, 0.15) is 23.8 Å². The lowest BCUT2D eigenvalue weighted by Gasteiger charge is -2.43. The van der Waals surface area contributed by atoms with E-state index in [1.54, 1.807) is 6.07 Å². The van der Waals surface area contributed by atoms with Gasteiger partial charge in [-0.3, -0.25) is 9.80 Å². The fourth-order valence-corrected chi connectivity index (χ4v) is 9.09. The van der Waals surface area contributed by atoms with Crippen molar-refractivity contribution >= 4 is 40.0 Å². The van der Waals surface area contributed by atoms with Gasteiger partial charge in [-0.2, -0.15) is 9.97 Å². The Kier molecular flexibility index (Phi) is 7.67. The smallest absolute Gasteiger partial charge is 0.410 e. The van der Waals surface area contributed by atoms with Gasteiger partial charge >= 0.3 is 12.1 Å². The minimum atomic E-state index is -0.536.